The summed E-state index contributed by atoms with van der Waals surface area (Å²) in [5, 5.41) is 3.60. The molecule has 0 unspecified atom stereocenters. The lowest BCUT2D eigenvalue weighted by Crippen LogP contribution is -2.59. The van der Waals surface area contributed by atoms with E-state index < -0.39 is 5.54 Å². The van der Waals surface area contributed by atoms with Gasteiger partial charge in [-0.05, 0) is 37.5 Å². The second-order valence-corrected chi connectivity index (χ2v) is 7.10. The molecule has 0 saturated carbocycles. The van der Waals surface area contributed by atoms with Gasteiger partial charge in [-0.15, -0.1) is 0 Å². The van der Waals surface area contributed by atoms with Gasteiger partial charge in [-0.1, -0.05) is 23.7 Å². The Labute approximate surface area is 157 Å². The fourth-order valence-electron chi connectivity index (χ4n) is 3.08. The number of halogens is 1. The predicted molar refractivity (Wildman–Crippen MR) is 103 cm³/mol. The Hall–Kier alpha value is -2.38. The molecule has 8 heteroatoms. The molecule has 1 aliphatic rings. The van der Waals surface area contributed by atoms with E-state index >= 15 is 0 Å². The number of hydrogen-bond acceptors (Lipinski definition) is 6. The first-order valence-corrected chi connectivity index (χ1v) is 8.90. The molecule has 0 aliphatic carbocycles. The fraction of sp³-hybridized carbons (Fsp3) is 0.389. The molecule has 1 fully saturated rings. The molecular weight excluding hydrogens is 352 g/mol. The van der Waals surface area contributed by atoms with Gasteiger partial charge in [0.05, 0.1) is 5.54 Å². The summed E-state index contributed by atoms with van der Waals surface area (Å²) >= 11 is 5.87. The van der Waals surface area contributed by atoms with Crippen LogP contribution in [-0.4, -0.2) is 34.5 Å². The van der Waals surface area contributed by atoms with Crippen molar-refractivity contribution in [2.24, 2.45) is 5.73 Å². The van der Waals surface area contributed by atoms with Crippen LogP contribution in [0.25, 0.3) is 0 Å². The zero-order valence-electron chi connectivity index (χ0n) is 14.7. The molecule has 26 heavy (non-hydrogen) atoms. The van der Waals surface area contributed by atoms with Gasteiger partial charge in [0, 0.05) is 30.2 Å². The van der Waals surface area contributed by atoms with Crippen LogP contribution in [0.2, 0.25) is 5.02 Å². The molecule has 1 aromatic carbocycles. The van der Waals surface area contributed by atoms with E-state index in [1.165, 1.54) is 6.33 Å². The third-order valence-corrected chi connectivity index (χ3v) is 5.12. The number of nitrogen functional groups attached to an aromatic ring is 1. The number of hydrogen-bond donors (Lipinski definition) is 3. The van der Waals surface area contributed by atoms with E-state index in [4.69, 9.17) is 23.1 Å². The summed E-state index contributed by atoms with van der Waals surface area (Å²) in [6.45, 7) is 3.61. The van der Waals surface area contributed by atoms with Crippen molar-refractivity contribution in [3.63, 3.8) is 0 Å². The number of carbonyl (C=O) groups is 1. The largest absolute Gasteiger partial charge is 0.383 e. The molecule has 1 saturated heterocycles. The number of rotatable bonds is 4. The Morgan fingerprint density at radius 2 is 1.92 bits per heavy atom. The van der Waals surface area contributed by atoms with Crippen LogP contribution < -0.4 is 21.7 Å². The Bertz CT molecular complexity index is 787. The number of carbonyl (C=O) groups excluding carboxylic acids is 1. The van der Waals surface area contributed by atoms with Crippen LogP contribution in [-0.2, 0) is 11.3 Å². The van der Waals surface area contributed by atoms with Crippen LogP contribution in [0.5, 0.6) is 0 Å². The van der Waals surface area contributed by atoms with E-state index in [0.717, 1.165) is 16.9 Å². The van der Waals surface area contributed by atoms with Crippen molar-refractivity contribution in [3.05, 3.63) is 46.7 Å². The number of aromatic nitrogens is 2. The van der Waals surface area contributed by atoms with Gasteiger partial charge in [-0.2, -0.15) is 0 Å². The Balaban J connectivity index is 1.59. The smallest absolute Gasteiger partial charge is 0.240 e. The number of piperidine rings is 1. The van der Waals surface area contributed by atoms with Crippen LogP contribution in [0.1, 0.15) is 24.0 Å². The highest BCUT2D eigenvalue weighted by Gasteiger charge is 2.38. The molecule has 0 radical (unpaired) electrons. The number of nitrogens with zero attached hydrogens (tertiary/aromatic N) is 3. The van der Waals surface area contributed by atoms with Gasteiger partial charge in [0.2, 0.25) is 5.91 Å². The van der Waals surface area contributed by atoms with E-state index in [9.17, 15) is 4.79 Å². The van der Waals surface area contributed by atoms with Crippen LogP contribution in [0.15, 0.2) is 30.6 Å². The third-order valence-electron chi connectivity index (χ3n) is 4.87. The summed E-state index contributed by atoms with van der Waals surface area (Å²) in [5.74, 6) is 1.15. The van der Waals surface area contributed by atoms with E-state index in [2.05, 4.69) is 20.2 Å². The maximum Gasteiger partial charge on any atom is 0.240 e. The minimum atomic E-state index is -0.880. The highest BCUT2D eigenvalue weighted by atomic mass is 35.5. The minimum absolute atomic E-state index is 0.133. The van der Waals surface area contributed by atoms with Gasteiger partial charge >= 0.3 is 0 Å². The second-order valence-electron chi connectivity index (χ2n) is 6.66. The predicted octanol–water partition coefficient (Wildman–Crippen LogP) is 1.63. The standard InChI is InChI=1S/C18H23ClN6O/c1-12-15(20)23-11-24-16(12)25-8-6-18(21,7-9-25)17(26)22-10-13-2-4-14(19)5-3-13/h2-5,11H,6-10,21H2,1H3,(H,22,26)(H2,20,23,24). The van der Waals surface area contributed by atoms with Crippen molar-refractivity contribution < 1.29 is 4.79 Å². The molecule has 0 atom stereocenters. The van der Waals surface area contributed by atoms with Gasteiger partial charge in [-0.25, -0.2) is 9.97 Å². The van der Waals surface area contributed by atoms with Crippen molar-refractivity contribution in [3.8, 4) is 0 Å². The molecule has 2 aromatic rings. The minimum Gasteiger partial charge on any atom is -0.383 e. The van der Waals surface area contributed by atoms with Gasteiger partial charge in [0.15, 0.2) is 0 Å². The molecule has 5 N–H and O–H groups in total. The molecule has 1 aliphatic heterocycles. The fourth-order valence-corrected chi connectivity index (χ4v) is 3.20. The molecular formula is C18H23ClN6O. The lowest BCUT2D eigenvalue weighted by atomic mass is 9.87. The molecule has 0 spiro atoms. The summed E-state index contributed by atoms with van der Waals surface area (Å²) in [5.41, 5.74) is 13.2. The van der Waals surface area contributed by atoms with Gasteiger partial charge in [0.25, 0.3) is 0 Å². The third kappa shape index (κ3) is 3.89. The van der Waals surface area contributed by atoms with Gasteiger partial charge in [-0.3, -0.25) is 4.79 Å². The van der Waals surface area contributed by atoms with Crippen molar-refractivity contribution in [1.29, 1.82) is 0 Å². The van der Waals surface area contributed by atoms with Crippen molar-refractivity contribution >= 4 is 29.1 Å². The van der Waals surface area contributed by atoms with E-state index in [1.807, 2.05) is 19.1 Å². The summed E-state index contributed by atoms with van der Waals surface area (Å²) in [6.07, 6.45) is 2.55. The average Bonchev–Trinajstić information content (AvgIpc) is 2.64. The number of nitrogens with two attached hydrogens (primary N) is 2. The normalized spacial score (nSPS) is 16.3. The monoisotopic (exact) mass is 374 g/mol. The van der Waals surface area contributed by atoms with Gasteiger partial charge in [0.1, 0.15) is 18.0 Å². The summed E-state index contributed by atoms with van der Waals surface area (Å²) in [7, 11) is 0. The molecule has 3 rings (SSSR count). The highest BCUT2D eigenvalue weighted by molar-refractivity contribution is 6.30. The quantitative estimate of drug-likeness (QED) is 0.750. The Morgan fingerprint density at radius 3 is 2.58 bits per heavy atom. The van der Waals surface area contributed by atoms with E-state index in [-0.39, 0.29) is 5.91 Å². The van der Waals surface area contributed by atoms with Crippen molar-refractivity contribution in [2.75, 3.05) is 23.7 Å². The van der Waals surface area contributed by atoms with Crippen LogP contribution >= 0.6 is 11.6 Å². The molecule has 138 valence electrons. The summed E-state index contributed by atoms with van der Waals surface area (Å²) in [6, 6.07) is 7.37. The van der Waals surface area contributed by atoms with Gasteiger partial charge < -0.3 is 21.7 Å². The Morgan fingerprint density at radius 1 is 1.27 bits per heavy atom. The topological polar surface area (TPSA) is 110 Å². The Kier molecular flexibility index (Phi) is 5.29. The van der Waals surface area contributed by atoms with E-state index in [0.29, 0.717) is 43.3 Å². The second kappa shape index (κ2) is 7.47. The number of anilines is 2. The first kappa shape index (κ1) is 18.4. The number of nitrogens with one attached hydrogen (secondary N) is 1. The summed E-state index contributed by atoms with van der Waals surface area (Å²) in [4.78, 5) is 23.0. The molecule has 1 aromatic heterocycles. The van der Waals surface area contributed by atoms with Crippen LogP contribution in [0.3, 0.4) is 0 Å². The van der Waals surface area contributed by atoms with Crippen LogP contribution in [0.4, 0.5) is 11.6 Å². The lowest BCUT2D eigenvalue weighted by molar-refractivity contribution is -0.127. The zero-order chi connectivity index (χ0) is 18.7. The molecule has 0 bridgehead atoms. The van der Waals surface area contributed by atoms with Crippen molar-refractivity contribution in [1.82, 2.24) is 15.3 Å². The summed E-state index contributed by atoms with van der Waals surface area (Å²) < 4.78 is 0. The highest BCUT2D eigenvalue weighted by Crippen LogP contribution is 2.27. The van der Waals surface area contributed by atoms with Crippen LogP contribution in [0, 0.1) is 6.92 Å². The first-order chi connectivity index (χ1) is 12.4. The zero-order valence-corrected chi connectivity index (χ0v) is 15.5. The number of benzene rings is 1. The maximum absolute atomic E-state index is 12.6. The van der Waals surface area contributed by atoms with E-state index in [1.54, 1.807) is 12.1 Å². The maximum atomic E-state index is 12.6. The lowest BCUT2D eigenvalue weighted by Gasteiger charge is -2.39. The average molecular weight is 375 g/mol. The first-order valence-electron chi connectivity index (χ1n) is 8.53. The molecule has 7 nitrogen and oxygen atoms in total. The number of amides is 1. The SMILES string of the molecule is Cc1c(N)ncnc1N1CCC(N)(C(=O)NCc2ccc(Cl)cc2)CC1. The van der Waals surface area contributed by atoms with Crippen molar-refractivity contribution in [2.45, 2.75) is 31.8 Å². The molecule has 1 amide bonds. The molecule has 2 heterocycles.